The maximum Gasteiger partial charge on any atom is -0.0533 e. The minimum atomic E-state index is 0. The van der Waals surface area contributed by atoms with Gasteiger partial charge < -0.3 is 0 Å². The third-order valence-corrected chi connectivity index (χ3v) is 3.00. The second-order valence-corrected chi connectivity index (χ2v) is 4.24. The van der Waals surface area contributed by atoms with Gasteiger partial charge in [0.1, 0.15) is 0 Å². The van der Waals surface area contributed by atoms with Gasteiger partial charge in [0.15, 0.2) is 0 Å². The molecule has 0 aromatic carbocycles. The van der Waals surface area contributed by atoms with E-state index in [1.54, 1.807) is 0 Å². The SMILES string of the molecule is C.C1CCCCC1.C1CCCCC1.F. The molecule has 0 nitrogen and oxygen atoms in total. The minimum Gasteiger partial charge on any atom is -0.269 e. The molecule has 2 fully saturated rings. The monoisotopic (exact) mass is 204 g/mol. The first-order valence-electron chi connectivity index (χ1n) is 6.00. The van der Waals surface area contributed by atoms with Crippen molar-refractivity contribution in [1.82, 2.24) is 0 Å². The number of hydrogen-bond donors (Lipinski definition) is 0. The fraction of sp³-hybridized carbons (Fsp3) is 1.00. The van der Waals surface area contributed by atoms with Crippen LogP contribution >= 0.6 is 0 Å². The molecule has 0 atom stereocenters. The number of rotatable bonds is 0. The second kappa shape index (κ2) is 12.9. The van der Waals surface area contributed by atoms with Crippen molar-refractivity contribution >= 4 is 0 Å². The van der Waals surface area contributed by atoms with Crippen LogP contribution in [0.3, 0.4) is 0 Å². The van der Waals surface area contributed by atoms with Crippen LogP contribution in [-0.2, 0) is 0 Å². The molecule has 2 rings (SSSR count). The molecule has 2 aliphatic rings. The highest BCUT2D eigenvalue weighted by Crippen LogP contribution is 2.15. The lowest BCUT2D eigenvalue weighted by Crippen LogP contribution is -1.85. The average molecular weight is 204 g/mol. The van der Waals surface area contributed by atoms with E-state index in [1.165, 1.54) is 77.0 Å². The molecule has 0 bridgehead atoms. The van der Waals surface area contributed by atoms with Gasteiger partial charge in [0, 0.05) is 0 Å². The zero-order valence-electron chi connectivity index (χ0n) is 8.89. The third kappa shape index (κ3) is 10.0. The summed E-state index contributed by atoms with van der Waals surface area (Å²) < 4.78 is 0. The molecule has 0 N–H and O–H groups in total. The molecule has 88 valence electrons. The Morgan fingerprint density at radius 1 is 0.286 bits per heavy atom. The van der Waals surface area contributed by atoms with Gasteiger partial charge >= 0.3 is 0 Å². The first kappa shape index (κ1) is 16.4. The molecule has 0 heterocycles. The summed E-state index contributed by atoms with van der Waals surface area (Å²) >= 11 is 0. The van der Waals surface area contributed by atoms with Crippen LogP contribution in [0.5, 0.6) is 0 Å². The Hall–Kier alpha value is -0.0700. The van der Waals surface area contributed by atoms with Gasteiger partial charge in [0.25, 0.3) is 0 Å². The van der Waals surface area contributed by atoms with Crippen LogP contribution in [0.1, 0.15) is 84.5 Å². The molecular formula is C13H29F. The van der Waals surface area contributed by atoms with Crippen molar-refractivity contribution in [3.05, 3.63) is 0 Å². The normalized spacial score (nSPS) is 20.6. The van der Waals surface area contributed by atoms with Crippen molar-refractivity contribution in [3.8, 4) is 0 Å². The van der Waals surface area contributed by atoms with Gasteiger partial charge in [-0.2, -0.15) is 0 Å². The van der Waals surface area contributed by atoms with Crippen LogP contribution in [0, 0.1) is 0 Å². The van der Waals surface area contributed by atoms with E-state index in [0.717, 1.165) is 0 Å². The molecule has 0 aromatic rings. The Bertz CT molecular complexity index is 48.2. The van der Waals surface area contributed by atoms with E-state index in [1.807, 2.05) is 0 Å². The highest BCUT2D eigenvalue weighted by atomic mass is 19.0. The largest absolute Gasteiger partial charge is 0.269 e. The number of hydrogen-bond acceptors (Lipinski definition) is 0. The van der Waals surface area contributed by atoms with E-state index in [0.29, 0.717) is 0 Å². The van der Waals surface area contributed by atoms with Crippen LogP contribution in [0.2, 0.25) is 0 Å². The first-order chi connectivity index (χ1) is 6.00. The fourth-order valence-electron chi connectivity index (χ4n) is 2.12. The minimum absolute atomic E-state index is 0. The predicted molar refractivity (Wildman–Crippen MR) is 64.6 cm³/mol. The van der Waals surface area contributed by atoms with Gasteiger partial charge in [0.05, 0.1) is 0 Å². The standard InChI is InChI=1S/2C6H12.CH4.FH/c2*1-2-4-6-5-3-1;;/h2*1-6H2;1H4;1H. The van der Waals surface area contributed by atoms with Crippen molar-refractivity contribution in [1.29, 1.82) is 0 Å². The van der Waals surface area contributed by atoms with Crippen molar-refractivity contribution in [2.24, 2.45) is 0 Å². The van der Waals surface area contributed by atoms with Gasteiger partial charge in [-0.05, 0) is 0 Å². The lowest BCUT2D eigenvalue weighted by molar-refractivity contribution is 0.504. The van der Waals surface area contributed by atoms with Gasteiger partial charge in [-0.25, -0.2) is 0 Å². The van der Waals surface area contributed by atoms with Crippen molar-refractivity contribution in [2.45, 2.75) is 84.5 Å². The zero-order chi connectivity index (χ0) is 8.49. The van der Waals surface area contributed by atoms with Crippen molar-refractivity contribution in [3.63, 3.8) is 0 Å². The Balaban J connectivity index is 0. The Morgan fingerprint density at radius 2 is 0.357 bits per heavy atom. The third-order valence-electron chi connectivity index (χ3n) is 3.00. The molecule has 0 unspecified atom stereocenters. The van der Waals surface area contributed by atoms with Gasteiger partial charge in [-0.3, -0.25) is 4.70 Å². The topological polar surface area (TPSA) is 0 Å². The highest BCUT2D eigenvalue weighted by Gasteiger charge is 1.96. The van der Waals surface area contributed by atoms with Crippen molar-refractivity contribution in [2.75, 3.05) is 0 Å². The molecule has 0 spiro atoms. The summed E-state index contributed by atoms with van der Waals surface area (Å²) in [7, 11) is 0. The summed E-state index contributed by atoms with van der Waals surface area (Å²) in [6.07, 6.45) is 18.0. The van der Waals surface area contributed by atoms with Crippen LogP contribution in [-0.4, -0.2) is 0 Å². The number of halogens is 1. The molecule has 2 saturated carbocycles. The maximum atomic E-state index is 1.50. The lowest BCUT2D eigenvalue weighted by atomic mass is 10.0. The molecule has 0 amide bonds. The van der Waals surface area contributed by atoms with Crippen molar-refractivity contribution < 1.29 is 4.70 Å². The van der Waals surface area contributed by atoms with Crippen LogP contribution in [0.15, 0.2) is 0 Å². The fourth-order valence-corrected chi connectivity index (χ4v) is 2.12. The second-order valence-electron chi connectivity index (χ2n) is 4.24. The van der Waals surface area contributed by atoms with E-state index < -0.39 is 0 Å². The zero-order valence-corrected chi connectivity index (χ0v) is 8.89. The molecule has 0 radical (unpaired) electrons. The summed E-state index contributed by atoms with van der Waals surface area (Å²) in [6, 6.07) is 0. The summed E-state index contributed by atoms with van der Waals surface area (Å²) in [5.74, 6) is 0. The highest BCUT2D eigenvalue weighted by molar-refractivity contribution is 4.51. The summed E-state index contributed by atoms with van der Waals surface area (Å²) in [4.78, 5) is 0. The van der Waals surface area contributed by atoms with Crippen LogP contribution < -0.4 is 0 Å². The summed E-state index contributed by atoms with van der Waals surface area (Å²) in [6.45, 7) is 0. The van der Waals surface area contributed by atoms with E-state index >= 15 is 0 Å². The Labute approximate surface area is 89.8 Å². The first-order valence-corrected chi connectivity index (χ1v) is 6.00. The quantitative estimate of drug-likeness (QED) is 0.491. The van der Waals surface area contributed by atoms with E-state index in [-0.39, 0.29) is 12.1 Å². The molecule has 0 saturated heterocycles. The average Bonchev–Trinajstić information content (AvgIpc) is 2.24. The maximum absolute atomic E-state index is 1.50. The molecular weight excluding hydrogens is 175 g/mol. The predicted octanol–water partition coefficient (Wildman–Crippen LogP) is 5.47. The van der Waals surface area contributed by atoms with E-state index in [2.05, 4.69) is 0 Å². The van der Waals surface area contributed by atoms with Crippen LogP contribution in [0.25, 0.3) is 0 Å². The molecule has 0 aliphatic heterocycles. The van der Waals surface area contributed by atoms with Gasteiger partial charge in [-0.15, -0.1) is 0 Å². The van der Waals surface area contributed by atoms with E-state index in [4.69, 9.17) is 0 Å². The molecule has 14 heavy (non-hydrogen) atoms. The van der Waals surface area contributed by atoms with Gasteiger partial charge in [-0.1, -0.05) is 84.5 Å². The Kier molecular flexibility index (Phi) is 15.1. The summed E-state index contributed by atoms with van der Waals surface area (Å²) in [5.41, 5.74) is 0. The Morgan fingerprint density at radius 3 is 0.429 bits per heavy atom. The molecule has 2 aliphatic carbocycles. The molecule has 0 aromatic heterocycles. The van der Waals surface area contributed by atoms with E-state index in [9.17, 15) is 0 Å². The smallest absolute Gasteiger partial charge is 0.0533 e. The molecule has 1 heteroatoms. The lowest BCUT2D eigenvalue weighted by Gasteiger charge is -2.05. The van der Waals surface area contributed by atoms with Crippen LogP contribution in [0.4, 0.5) is 4.70 Å². The summed E-state index contributed by atoms with van der Waals surface area (Å²) in [5, 5.41) is 0. The van der Waals surface area contributed by atoms with Gasteiger partial charge in [0.2, 0.25) is 0 Å².